The van der Waals surface area contributed by atoms with Crippen molar-refractivity contribution in [1.82, 2.24) is 0 Å². The fraction of sp³-hybridized carbons (Fsp3) is 1.00. The zero-order valence-electron chi connectivity index (χ0n) is 7.27. The first-order valence-corrected chi connectivity index (χ1v) is 4.45. The number of aliphatic hydroxyl groups is 1. The van der Waals surface area contributed by atoms with Gasteiger partial charge >= 0.3 is 0 Å². The highest BCUT2D eigenvalue weighted by Gasteiger charge is 1.94. The van der Waals surface area contributed by atoms with Crippen molar-refractivity contribution in [3.63, 3.8) is 0 Å². The quantitative estimate of drug-likeness (QED) is 0.438. The van der Waals surface area contributed by atoms with Crippen molar-refractivity contribution in [2.24, 2.45) is 0 Å². The minimum absolute atomic E-state index is 0.0957. The van der Waals surface area contributed by atoms with Crippen LogP contribution in [0.3, 0.4) is 0 Å². The van der Waals surface area contributed by atoms with Gasteiger partial charge in [-0.3, -0.25) is 0 Å². The Bertz CT molecular complexity index is 64.3. The molecule has 10 heavy (non-hydrogen) atoms. The molecular weight excluding hydrogens is 123 g/mol. The third-order valence-corrected chi connectivity index (χ3v) is 1.73. The largest absolute Gasteiger partial charge is 0.393 e. The minimum Gasteiger partial charge on any atom is -0.393 e. The third kappa shape index (κ3) is 8.02. The van der Waals surface area contributed by atoms with E-state index in [1.807, 2.05) is 6.92 Å². The summed E-state index contributed by atoms with van der Waals surface area (Å²) in [6.07, 6.45) is 7.35. The molecule has 0 bridgehead atoms. The molecule has 0 amide bonds. The molecule has 0 unspecified atom stereocenters. The van der Waals surface area contributed by atoms with Crippen LogP contribution in [0.15, 0.2) is 0 Å². The maximum absolute atomic E-state index is 8.91. The molecule has 0 aromatic rings. The minimum atomic E-state index is -0.0957. The van der Waals surface area contributed by atoms with Crippen LogP contribution in [0.1, 0.15) is 39.0 Å². The topological polar surface area (TPSA) is 20.2 Å². The Morgan fingerprint density at radius 1 is 1.20 bits per heavy atom. The summed E-state index contributed by atoms with van der Waals surface area (Å²) in [5, 5.41) is 8.91. The number of hydrogen-bond donors (Lipinski definition) is 1. The van der Waals surface area contributed by atoms with E-state index in [1.54, 1.807) is 0 Å². The average Bonchev–Trinajstić information content (AvgIpc) is 1.87. The summed E-state index contributed by atoms with van der Waals surface area (Å²) >= 11 is 0. The Hall–Kier alpha value is 0.0249. The molecule has 0 aliphatic carbocycles. The smallest absolute Gasteiger partial charge is 0.101 e. The Labute approximate surface area is 65.2 Å². The lowest BCUT2D eigenvalue weighted by Crippen LogP contribution is -1.97. The normalized spacial score (nSPS) is 13.4. The molecular formula is C8H19BO. The summed E-state index contributed by atoms with van der Waals surface area (Å²) < 4.78 is 0. The summed E-state index contributed by atoms with van der Waals surface area (Å²) in [5.41, 5.74) is 0. The van der Waals surface area contributed by atoms with Gasteiger partial charge in [-0.2, -0.15) is 0 Å². The predicted molar refractivity (Wildman–Crippen MR) is 48.1 cm³/mol. The van der Waals surface area contributed by atoms with Gasteiger partial charge in [0, 0.05) is 0 Å². The van der Waals surface area contributed by atoms with Crippen molar-refractivity contribution in [3.8, 4) is 0 Å². The Morgan fingerprint density at radius 3 is 2.30 bits per heavy atom. The molecule has 0 rings (SSSR count). The van der Waals surface area contributed by atoms with Crippen molar-refractivity contribution in [2.75, 3.05) is 0 Å². The van der Waals surface area contributed by atoms with Crippen molar-refractivity contribution in [3.05, 3.63) is 0 Å². The maximum Gasteiger partial charge on any atom is 0.101 e. The zero-order valence-corrected chi connectivity index (χ0v) is 7.27. The van der Waals surface area contributed by atoms with Gasteiger partial charge in [0.15, 0.2) is 0 Å². The van der Waals surface area contributed by atoms with E-state index >= 15 is 0 Å². The predicted octanol–water partition coefficient (Wildman–Crippen LogP) is 1.37. The molecule has 2 heteroatoms. The molecule has 0 aromatic heterocycles. The average molecular weight is 142 g/mol. The van der Waals surface area contributed by atoms with E-state index < -0.39 is 0 Å². The molecule has 1 nitrogen and oxygen atoms in total. The number of rotatable bonds is 6. The molecule has 60 valence electrons. The van der Waals surface area contributed by atoms with E-state index in [4.69, 9.17) is 5.11 Å². The van der Waals surface area contributed by atoms with Gasteiger partial charge in [-0.05, 0) is 13.3 Å². The van der Waals surface area contributed by atoms with Crippen LogP contribution in [-0.2, 0) is 0 Å². The van der Waals surface area contributed by atoms with Crippen LogP contribution >= 0.6 is 0 Å². The number of hydrogen-bond acceptors (Lipinski definition) is 1. The SMILES string of the molecule is BCCCCCC[C@@H](C)O. The van der Waals surface area contributed by atoms with Crippen LogP contribution in [0.4, 0.5) is 0 Å². The van der Waals surface area contributed by atoms with E-state index in [0.717, 1.165) is 6.42 Å². The van der Waals surface area contributed by atoms with E-state index in [0.29, 0.717) is 0 Å². The van der Waals surface area contributed by atoms with Crippen LogP contribution < -0.4 is 0 Å². The Morgan fingerprint density at radius 2 is 1.80 bits per heavy atom. The standard InChI is InChI=1S/C8H19BO/c1-8(10)6-4-2-3-5-7-9/h8,10H,2-7,9H2,1H3/t8-/m1/s1. The highest BCUT2D eigenvalue weighted by atomic mass is 16.3. The van der Waals surface area contributed by atoms with Crippen LogP contribution in [-0.4, -0.2) is 19.1 Å². The molecule has 0 aliphatic rings. The molecule has 0 radical (unpaired) electrons. The summed E-state index contributed by atoms with van der Waals surface area (Å²) in [6.45, 7) is 1.86. The second-order valence-corrected chi connectivity index (χ2v) is 3.05. The van der Waals surface area contributed by atoms with E-state index in [2.05, 4.69) is 7.85 Å². The van der Waals surface area contributed by atoms with E-state index in [1.165, 1.54) is 32.0 Å². The summed E-state index contributed by atoms with van der Waals surface area (Å²) in [7, 11) is 2.22. The molecule has 0 fully saturated rings. The highest BCUT2D eigenvalue weighted by molar-refractivity contribution is 6.08. The van der Waals surface area contributed by atoms with Crippen molar-refractivity contribution in [1.29, 1.82) is 0 Å². The number of unbranched alkanes of at least 4 members (excludes halogenated alkanes) is 3. The first kappa shape index (κ1) is 10.0. The number of aliphatic hydroxyl groups excluding tert-OH is 1. The van der Waals surface area contributed by atoms with Gasteiger partial charge in [-0.1, -0.05) is 32.0 Å². The first-order chi connectivity index (χ1) is 4.77. The van der Waals surface area contributed by atoms with Crippen molar-refractivity contribution < 1.29 is 5.11 Å². The lowest BCUT2D eigenvalue weighted by Gasteiger charge is -2.02. The lowest BCUT2D eigenvalue weighted by molar-refractivity contribution is 0.180. The molecule has 0 aromatic carbocycles. The Kier molecular flexibility index (Phi) is 7.15. The lowest BCUT2D eigenvalue weighted by atomic mass is 9.98. The van der Waals surface area contributed by atoms with Gasteiger partial charge < -0.3 is 5.11 Å². The fourth-order valence-corrected chi connectivity index (χ4v) is 1.04. The first-order valence-electron chi connectivity index (χ1n) is 4.45. The zero-order chi connectivity index (χ0) is 7.82. The monoisotopic (exact) mass is 142 g/mol. The van der Waals surface area contributed by atoms with Gasteiger partial charge in [0.05, 0.1) is 6.10 Å². The summed E-state index contributed by atoms with van der Waals surface area (Å²) in [5.74, 6) is 0. The second-order valence-electron chi connectivity index (χ2n) is 3.05. The van der Waals surface area contributed by atoms with Crippen LogP contribution in [0.5, 0.6) is 0 Å². The molecule has 0 spiro atoms. The molecule has 0 saturated carbocycles. The van der Waals surface area contributed by atoms with E-state index in [-0.39, 0.29) is 6.10 Å². The van der Waals surface area contributed by atoms with Gasteiger partial charge in [0.1, 0.15) is 7.85 Å². The van der Waals surface area contributed by atoms with Crippen LogP contribution in [0, 0.1) is 0 Å². The second kappa shape index (κ2) is 7.14. The summed E-state index contributed by atoms with van der Waals surface area (Å²) in [4.78, 5) is 0. The van der Waals surface area contributed by atoms with Gasteiger partial charge in [0.25, 0.3) is 0 Å². The third-order valence-electron chi connectivity index (χ3n) is 1.73. The molecule has 0 heterocycles. The fourth-order valence-electron chi connectivity index (χ4n) is 1.04. The molecule has 0 saturated heterocycles. The van der Waals surface area contributed by atoms with Gasteiger partial charge in [-0.15, -0.1) is 0 Å². The highest BCUT2D eigenvalue weighted by Crippen LogP contribution is 2.06. The van der Waals surface area contributed by atoms with Crippen molar-refractivity contribution >= 4 is 7.85 Å². The molecule has 1 atom stereocenters. The van der Waals surface area contributed by atoms with Crippen LogP contribution in [0.25, 0.3) is 0 Å². The molecule has 0 aliphatic heterocycles. The van der Waals surface area contributed by atoms with Gasteiger partial charge in [-0.25, -0.2) is 0 Å². The molecule has 1 N–H and O–H groups in total. The van der Waals surface area contributed by atoms with Crippen LogP contribution in [0.2, 0.25) is 6.32 Å². The van der Waals surface area contributed by atoms with E-state index in [9.17, 15) is 0 Å². The van der Waals surface area contributed by atoms with Crippen molar-refractivity contribution in [2.45, 2.75) is 51.5 Å². The summed E-state index contributed by atoms with van der Waals surface area (Å²) in [6, 6.07) is 0. The van der Waals surface area contributed by atoms with Gasteiger partial charge in [0.2, 0.25) is 0 Å². The maximum atomic E-state index is 8.91. The Balaban J connectivity index is 2.77.